The van der Waals surface area contributed by atoms with Crippen LogP contribution in [0.5, 0.6) is 11.5 Å². The largest absolute Gasteiger partial charge is 0.493 e. The van der Waals surface area contributed by atoms with Crippen molar-refractivity contribution in [3.05, 3.63) is 58.6 Å². The minimum absolute atomic E-state index is 0.745. The zero-order chi connectivity index (χ0) is 20.6. The van der Waals surface area contributed by atoms with Crippen molar-refractivity contribution in [1.82, 2.24) is 15.1 Å². The molecule has 1 aliphatic heterocycles. The van der Waals surface area contributed by atoms with E-state index in [0.29, 0.717) is 0 Å². The average Bonchev–Trinajstić information content (AvgIpc) is 2.75. The summed E-state index contributed by atoms with van der Waals surface area (Å²) in [4.78, 5) is 4.66. The Morgan fingerprint density at radius 1 is 1.03 bits per heavy atom. The molecule has 2 aromatic rings. The van der Waals surface area contributed by atoms with Gasteiger partial charge in [-0.15, -0.1) is 0 Å². The topological polar surface area (TPSA) is 37.0 Å². The maximum atomic E-state index is 6.28. The van der Waals surface area contributed by atoms with E-state index in [9.17, 15) is 0 Å². The molecule has 0 aromatic heterocycles. The standard InChI is InChI=1S/C22H28ClN3O2S/c1-27-20-8-7-17(15-21(20)28-2)9-10-24-22(29)26-13-11-25(12-14-26)16-18-5-3-4-6-19(18)23/h3-8,15H,9-14,16H2,1-2H3,(H,24,29). The van der Waals surface area contributed by atoms with Gasteiger partial charge >= 0.3 is 0 Å². The molecule has 0 bridgehead atoms. The van der Waals surface area contributed by atoms with Gasteiger partial charge in [-0.25, -0.2) is 0 Å². The highest BCUT2D eigenvalue weighted by atomic mass is 35.5. The fourth-order valence-electron chi connectivity index (χ4n) is 3.44. The molecule has 3 rings (SSSR count). The first-order chi connectivity index (χ1) is 14.1. The molecule has 156 valence electrons. The van der Waals surface area contributed by atoms with E-state index in [1.54, 1.807) is 14.2 Å². The highest BCUT2D eigenvalue weighted by Gasteiger charge is 2.19. The molecule has 2 aromatic carbocycles. The fourth-order valence-corrected chi connectivity index (χ4v) is 3.92. The molecule has 0 amide bonds. The Morgan fingerprint density at radius 2 is 1.76 bits per heavy atom. The summed E-state index contributed by atoms with van der Waals surface area (Å²) >= 11 is 11.9. The van der Waals surface area contributed by atoms with E-state index < -0.39 is 0 Å². The molecule has 1 N–H and O–H groups in total. The van der Waals surface area contributed by atoms with Gasteiger partial charge in [0.2, 0.25) is 0 Å². The van der Waals surface area contributed by atoms with Crippen LogP contribution in [0.2, 0.25) is 5.02 Å². The fraction of sp³-hybridized carbons (Fsp3) is 0.409. The summed E-state index contributed by atoms with van der Waals surface area (Å²) in [5, 5.41) is 5.04. The molecule has 0 aliphatic carbocycles. The monoisotopic (exact) mass is 433 g/mol. The van der Waals surface area contributed by atoms with Gasteiger partial charge in [0.15, 0.2) is 16.6 Å². The molecular formula is C22H28ClN3O2S. The van der Waals surface area contributed by atoms with E-state index in [1.807, 2.05) is 30.3 Å². The maximum absolute atomic E-state index is 6.28. The molecule has 0 unspecified atom stereocenters. The van der Waals surface area contributed by atoms with Gasteiger partial charge in [0, 0.05) is 44.3 Å². The van der Waals surface area contributed by atoms with Crippen molar-refractivity contribution in [2.75, 3.05) is 46.9 Å². The predicted octanol–water partition coefficient (Wildman–Crippen LogP) is 3.59. The number of hydrogen-bond donors (Lipinski definition) is 1. The van der Waals surface area contributed by atoms with Gasteiger partial charge in [0.25, 0.3) is 0 Å². The number of halogens is 1. The highest BCUT2D eigenvalue weighted by molar-refractivity contribution is 7.80. The normalized spacial score (nSPS) is 14.5. The number of hydrogen-bond acceptors (Lipinski definition) is 4. The van der Waals surface area contributed by atoms with Crippen molar-refractivity contribution in [2.45, 2.75) is 13.0 Å². The van der Waals surface area contributed by atoms with Crippen molar-refractivity contribution in [3.63, 3.8) is 0 Å². The van der Waals surface area contributed by atoms with Crippen LogP contribution >= 0.6 is 23.8 Å². The van der Waals surface area contributed by atoms with Crippen LogP contribution in [0.3, 0.4) is 0 Å². The van der Waals surface area contributed by atoms with E-state index in [1.165, 1.54) is 11.1 Å². The molecular weight excluding hydrogens is 406 g/mol. The summed E-state index contributed by atoms with van der Waals surface area (Å²) in [6, 6.07) is 14.0. The number of benzene rings is 2. The van der Waals surface area contributed by atoms with Gasteiger partial charge in [-0.1, -0.05) is 35.9 Å². The number of ether oxygens (including phenoxy) is 2. The number of methoxy groups -OCH3 is 2. The molecule has 29 heavy (non-hydrogen) atoms. The molecule has 7 heteroatoms. The van der Waals surface area contributed by atoms with Crippen LogP contribution in [0, 0.1) is 0 Å². The first-order valence-electron chi connectivity index (χ1n) is 9.80. The summed E-state index contributed by atoms with van der Waals surface area (Å²) in [6.07, 6.45) is 0.868. The van der Waals surface area contributed by atoms with E-state index in [4.69, 9.17) is 33.3 Å². The lowest BCUT2D eigenvalue weighted by Crippen LogP contribution is -2.51. The minimum Gasteiger partial charge on any atom is -0.493 e. The molecule has 0 atom stereocenters. The molecule has 5 nitrogen and oxygen atoms in total. The second kappa shape index (κ2) is 10.7. The average molecular weight is 434 g/mol. The predicted molar refractivity (Wildman–Crippen MR) is 122 cm³/mol. The molecule has 1 saturated heterocycles. The number of rotatable bonds is 7. The third-order valence-corrected chi connectivity index (χ3v) is 5.92. The van der Waals surface area contributed by atoms with Crippen LogP contribution in [-0.4, -0.2) is 61.9 Å². The van der Waals surface area contributed by atoms with Gasteiger partial charge in [-0.2, -0.15) is 0 Å². The van der Waals surface area contributed by atoms with Gasteiger partial charge in [-0.3, -0.25) is 4.90 Å². The Labute approximate surface area is 183 Å². The van der Waals surface area contributed by atoms with Crippen molar-refractivity contribution in [3.8, 4) is 11.5 Å². The summed E-state index contributed by atoms with van der Waals surface area (Å²) in [5.74, 6) is 1.50. The minimum atomic E-state index is 0.745. The first kappa shape index (κ1) is 21.7. The Bertz CT molecular complexity index is 825. The van der Waals surface area contributed by atoms with Crippen molar-refractivity contribution in [2.24, 2.45) is 0 Å². The Kier molecular flexibility index (Phi) is 7.98. The third-order valence-electron chi connectivity index (χ3n) is 5.15. The number of nitrogens with zero attached hydrogens (tertiary/aromatic N) is 2. The first-order valence-corrected chi connectivity index (χ1v) is 10.6. The van der Waals surface area contributed by atoms with Crippen LogP contribution < -0.4 is 14.8 Å². The lowest BCUT2D eigenvalue weighted by atomic mass is 10.1. The van der Waals surface area contributed by atoms with Crippen LogP contribution in [0.15, 0.2) is 42.5 Å². The van der Waals surface area contributed by atoms with Crippen LogP contribution in [0.4, 0.5) is 0 Å². The molecule has 1 aliphatic rings. The third kappa shape index (κ3) is 5.98. The van der Waals surface area contributed by atoms with Gasteiger partial charge in [0.1, 0.15) is 0 Å². The van der Waals surface area contributed by atoms with E-state index in [-0.39, 0.29) is 0 Å². The van der Waals surface area contributed by atoms with E-state index >= 15 is 0 Å². The Balaban J connectivity index is 1.41. The summed E-state index contributed by atoms with van der Waals surface area (Å²) < 4.78 is 10.7. The molecule has 0 saturated carbocycles. The van der Waals surface area contributed by atoms with Crippen molar-refractivity contribution in [1.29, 1.82) is 0 Å². The van der Waals surface area contributed by atoms with Crippen molar-refractivity contribution >= 4 is 28.9 Å². The van der Waals surface area contributed by atoms with Gasteiger partial charge < -0.3 is 19.7 Å². The quantitative estimate of drug-likeness (QED) is 0.672. The molecule has 0 radical (unpaired) electrons. The van der Waals surface area contributed by atoms with Gasteiger partial charge in [0.05, 0.1) is 14.2 Å². The summed E-state index contributed by atoms with van der Waals surface area (Å²) in [6.45, 7) is 5.46. The Morgan fingerprint density at radius 3 is 2.45 bits per heavy atom. The van der Waals surface area contributed by atoms with Crippen LogP contribution in [0.25, 0.3) is 0 Å². The summed E-state index contributed by atoms with van der Waals surface area (Å²) in [7, 11) is 3.30. The Hall–Kier alpha value is -2.02. The van der Waals surface area contributed by atoms with Crippen LogP contribution in [0.1, 0.15) is 11.1 Å². The summed E-state index contributed by atoms with van der Waals surface area (Å²) in [5.41, 5.74) is 2.36. The smallest absolute Gasteiger partial charge is 0.169 e. The molecule has 1 heterocycles. The number of thiocarbonyl (C=S) groups is 1. The molecule has 0 spiro atoms. The van der Waals surface area contributed by atoms with E-state index in [2.05, 4.69) is 27.2 Å². The highest BCUT2D eigenvalue weighted by Crippen LogP contribution is 2.27. The van der Waals surface area contributed by atoms with E-state index in [0.717, 1.165) is 67.3 Å². The van der Waals surface area contributed by atoms with Gasteiger partial charge in [-0.05, 0) is 48.0 Å². The van der Waals surface area contributed by atoms with Crippen LogP contribution in [-0.2, 0) is 13.0 Å². The second-order valence-corrected chi connectivity index (χ2v) is 7.82. The number of nitrogens with one attached hydrogen (secondary N) is 1. The lowest BCUT2D eigenvalue weighted by Gasteiger charge is -2.36. The zero-order valence-electron chi connectivity index (χ0n) is 17.0. The second-order valence-electron chi connectivity index (χ2n) is 7.03. The lowest BCUT2D eigenvalue weighted by molar-refractivity contribution is 0.174. The zero-order valence-corrected chi connectivity index (χ0v) is 18.6. The maximum Gasteiger partial charge on any atom is 0.169 e. The molecule has 1 fully saturated rings. The SMILES string of the molecule is COc1ccc(CCNC(=S)N2CCN(Cc3ccccc3Cl)CC2)cc1OC. The van der Waals surface area contributed by atoms with Crippen molar-refractivity contribution < 1.29 is 9.47 Å². The number of piperazine rings is 1.